The Morgan fingerprint density at radius 3 is 1.47 bits per heavy atom. The minimum atomic E-state index is 1.08. The molecule has 12 rings (SSSR count). The van der Waals surface area contributed by atoms with Gasteiger partial charge in [-0.1, -0.05) is 107 Å². The number of hydrogen-bond acceptors (Lipinski definition) is 1. The van der Waals surface area contributed by atoms with Crippen molar-refractivity contribution in [3.63, 3.8) is 0 Å². The van der Waals surface area contributed by atoms with E-state index in [2.05, 4.69) is 324 Å². The van der Waals surface area contributed by atoms with Gasteiger partial charge in [-0.3, -0.25) is 0 Å². The molecule has 0 fully saturated rings. The zero-order chi connectivity index (χ0) is 61.8. The van der Waals surface area contributed by atoms with Crippen LogP contribution < -0.4 is 27.4 Å². The van der Waals surface area contributed by atoms with E-state index in [1.807, 2.05) is 11.3 Å². The number of benzene rings is 5. The van der Waals surface area contributed by atoms with Crippen LogP contribution in [0.4, 0.5) is 0 Å². The molecule has 0 aliphatic heterocycles. The van der Waals surface area contributed by atoms with Gasteiger partial charge in [0, 0.05) is 120 Å². The quantitative estimate of drug-likeness (QED) is 0.148. The number of rotatable bonds is 6. The van der Waals surface area contributed by atoms with Crippen molar-refractivity contribution in [2.45, 2.75) is 135 Å². The molecule has 0 radical (unpaired) electrons. The lowest BCUT2D eigenvalue weighted by Crippen LogP contribution is -2.34. The molecule has 7 aromatic heterocycles. The van der Waals surface area contributed by atoms with E-state index in [9.17, 15) is 0 Å². The van der Waals surface area contributed by atoms with Crippen molar-refractivity contribution in [2.75, 3.05) is 0 Å². The van der Waals surface area contributed by atoms with Crippen molar-refractivity contribution in [3.05, 3.63) is 236 Å². The lowest BCUT2D eigenvalue weighted by molar-refractivity contribution is -0.677. The Bertz CT molecular complexity index is 4290. The summed E-state index contributed by atoms with van der Waals surface area (Å²) >= 11 is 1.86. The zero-order valence-corrected chi connectivity index (χ0v) is 56.2. The van der Waals surface area contributed by atoms with Crippen molar-refractivity contribution in [3.8, 4) is 0 Å². The van der Waals surface area contributed by atoms with Gasteiger partial charge in [0.1, 0.15) is 47.0 Å². The monoisotopic (exact) mass is 1150 g/mol. The topological polar surface area (TPSA) is 23.3 Å². The lowest BCUT2D eigenvalue weighted by Gasteiger charge is -2.08. The first kappa shape index (κ1) is 64.8. The second-order valence-corrected chi connectivity index (χ2v) is 24.1. The summed E-state index contributed by atoms with van der Waals surface area (Å²) in [6.45, 7) is 30.6. The van der Waals surface area contributed by atoms with Gasteiger partial charge in [0.05, 0.1) is 5.39 Å². The predicted molar refractivity (Wildman–Crippen MR) is 363 cm³/mol. The number of thiophene rings is 1. The summed E-state index contributed by atoms with van der Waals surface area (Å²) in [7, 11) is 12.8. The van der Waals surface area contributed by atoms with Gasteiger partial charge in [0.15, 0.2) is 52.8 Å². The third-order valence-corrected chi connectivity index (χ3v) is 18.3. The Hall–Kier alpha value is -7.74. The number of nitrogens with zero attached hydrogens (tertiary/aromatic N) is 6. The second-order valence-electron chi connectivity index (χ2n) is 23.2. The Balaban J connectivity index is 0.000000146. The largest absolute Gasteiger partial charge is 0.213 e. The van der Waals surface area contributed by atoms with Gasteiger partial charge in [0.25, 0.3) is 0 Å². The average Bonchev–Trinajstić information content (AvgIpc) is 3.95. The van der Waals surface area contributed by atoms with E-state index in [0.29, 0.717) is 0 Å². The predicted octanol–water partition coefficient (Wildman–Crippen LogP) is 15.9. The van der Waals surface area contributed by atoms with Crippen LogP contribution in [0.2, 0.25) is 0 Å². The van der Waals surface area contributed by atoms with Crippen LogP contribution in [-0.4, -0.2) is 0 Å². The van der Waals surface area contributed by atoms with Crippen LogP contribution in [-0.2, 0) is 80.8 Å². The SMILES string of the molecule is CCc1c2cc(C)ccc2cc[n+]1C.CCc1c2ccc(C)cc2cc[n+]1C.CCc1c2scc(C)c2cc[n+]1C.CCc1cc(C)c2c(C)cc(C)cc2[n+]1C.CCc1cc(C)c2ccccc2[n+]1C.CCc1ccc2c(C)cccc2[n+]1C. The summed E-state index contributed by atoms with van der Waals surface area (Å²) in [5, 5.41) is 13.2. The molecule has 440 valence electrons. The molecule has 6 nitrogen and oxygen atoms in total. The molecule has 5 aromatic carbocycles. The van der Waals surface area contributed by atoms with Crippen molar-refractivity contribution >= 4 is 75.7 Å². The van der Waals surface area contributed by atoms with E-state index in [0.717, 1.165) is 38.5 Å². The molecule has 12 aromatic rings. The highest BCUT2D eigenvalue weighted by Crippen LogP contribution is 2.27. The summed E-state index contributed by atoms with van der Waals surface area (Å²) in [6.07, 6.45) is 12.9. The number of hydrogen-bond donors (Lipinski definition) is 0. The van der Waals surface area contributed by atoms with Gasteiger partial charge in [-0.25, -0.2) is 13.7 Å². The van der Waals surface area contributed by atoms with E-state index < -0.39 is 0 Å². The van der Waals surface area contributed by atoms with E-state index in [1.165, 1.54) is 143 Å². The third-order valence-electron chi connectivity index (χ3n) is 17.2. The molecule has 0 unspecified atom stereocenters. The Morgan fingerprint density at radius 2 is 0.824 bits per heavy atom. The molecular formula is C78H98N6S+6. The molecule has 0 aliphatic rings. The summed E-state index contributed by atoms with van der Waals surface area (Å²) in [6, 6.07) is 48.5. The minimum absolute atomic E-state index is 1.08. The van der Waals surface area contributed by atoms with Gasteiger partial charge in [-0.05, 0) is 129 Å². The third kappa shape index (κ3) is 14.9. The van der Waals surface area contributed by atoms with Crippen LogP contribution in [0.15, 0.2) is 157 Å². The van der Waals surface area contributed by atoms with Crippen LogP contribution in [0.3, 0.4) is 0 Å². The molecule has 7 heterocycles. The second kappa shape index (κ2) is 29.4. The Morgan fingerprint density at radius 1 is 0.318 bits per heavy atom. The van der Waals surface area contributed by atoms with Crippen molar-refractivity contribution < 1.29 is 27.4 Å². The van der Waals surface area contributed by atoms with Crippen LogP contribution in [0.1, 0.15) is 120 Å². The molecule has 7 heteroatoms. The maximum Gasteiger partial charge on any atom is 0.213 e. The highest BCUT2D eigenvalue weighted by atomic mass is 32.1. The van der Waals surface area contributed by atoms with E-state index in [-0.39, 0.29) is 0 Å². The summed E-state index contributed by atoms with van der Waals surface area (Å²) in [4.78, 5) is 0. The highest BCUT2D eigenvalue weighted by Gasteiger charge is 2.17. The van der Waals surface area contributed by atoms with Gasteiger partial charge in [-0.2, -0.15) is 13.7 Å². The summed E-state index contributed by atoms with van der Waals surface area (Å²) < 4.78 is 15.0. The number of fused-ring (bicyclic) bond motifs is 6. The first-order valence-corrected chi connectivity index (χ1v) is 31.8. The summed E-state index contributed by atoms with van der Waals surface area (Å²) in [5.41, 5.74) is 23.3. The van der Waals surface area contributed by atoms with E-state index in [4.69, 9.17) is 0 Å². The standard InChI is InChI=1S/C15H20N.4C13H16N.C11H14NS/c1-6-13-9-12(4)15-11(3)7-10(2)8-14(15)16(13)5;1-4-13-12-6-5-10(2)9-11(12)7-8-14(13)3;1-4-13-12-9-10(2)5-6-11(12)7-8-14(13)3;1-4-11-8-9-12-10(2)6-5-7-13(12)14(11)3;1-4-11-9-10(2)12-7-5-6-8-13(12)14(11)3;1-4-10-11-9(5-6-12(10)3)8(2)7-13-11/h7-9H,6H2,1-5H3;4*5-9H,4H2,1-3H3;5-7H,4H2,1-3H3/q6*+1. The maximum absolute atomic E-state index is 2.32. The molecule has 0 atom stereocenters. The molecule has 0 aliphatic carbocycles. The molecule has 0 saturated heterocycles. The average molecular weight is 1150 g/mol. The van der Waals surface area contributed by atoms with Crippen molar-refractivity contribution in [2.24, 2.45) is 42.3 Å². The molecular weight excluding hydrogens is 1050 g/mol. The number of aryl methyl sites for hydroxylation is 20. The minimum Gasteiger partial charge on any atom is -0.205 e. The molecule has 0 spiro atoms. The van der Waals surface area contributed by atoms with Gasteiger partial charge < -0.3 is 0 Å². The highest BCUT2D eigenvalue weighted by molar-refractivity contribution is 7.17. The van der Waals surface area contributed by atoms with Crippen LogP contribution >= 0.6 is 11.3 Å². The number of pyridine rings is 6. The molecule has 0 amide bonds. The molecule has 0 saturated carbocycles. The number of aromatic nitrogens is 6. The van der Waals surface area contributed by atoms with Crippen LogP contribution in [0.25, 0.3) is 64.3 Å². The Labute approximate surface area is 514 Å². The van der Waals surface area contributed by atoms with Crippen molar-refractivity contribution in [1.82, 2.24) is 0 Å². The molecule has 85 heavy (non-hydrogen) atoms. The van der Waals surface area contributed by atoms with E-state index >= 15 is 0 Å². The molecule has 0 N–H and O–H groups in total. The summed E-state index contributed by atoms with van der Waals surface area (Å²) in [5.74, 6) is 0. The fourth-order valence-electron chi connectivity index (χ4n) is 12.3. The normalized spacial score (nSPS) is 10.9. The Kier molecular flexibility index (Phi) is 22.4. The van der Waals surface area contributed by atoms with Gasteiger partial charge >= 0.3 is 0 Å². The van der Waals surface area contributed by atoms with Gasteiger partial charge in [0.2, 0.25) is 16.6 Å². The van der Waals surface area contributed by atoms with Crippen LogP contribution in [0.5, 0.6) is 0 Å². The van der Waals surface area contributed by atoms with E-state index in [1.54, 1.807) is 0 Å². The van der Waals surface area contributed by atoms with Gasteiger partial charge in [-0.15, -0.1) is 11.3 Å². The lowest BCUT2D eigenvalue weighted by atomic mass is 10.0. The fourth-order valence-corrected chi connectivity index (χ4v) is 13.5. The fraction of sp³-hybridized carbons (Fsp3) is 0.333. The molecule has 0 bridgehead atoms. The van der Waals surface area contributed by atoms with Crippen LogP contribution in [0, 0.1) is 55.4 Å². The van der Waals surface area contributed by atoms with Crippen molar-refractivity contribution in [1.29, 1.82) is 0 Å². The smallest absolute Gasteiger partial charge is 0.205 e. The number of para-hydroxylation sites is 1. The first-order valence-electron chi connectivity index (χ1n) is 30.9. The maximum atomic E-state index is 2.32. The zero-order valence-electron chi connectivity index (χ0n) is 55.3. The first-order chi connectivity index (χ1) is 40.7.